The van der Waals surface area contributed by atoms with Crippen LogP contribution in [0.3, 0.4) is 0 Å². The van der Waals surface area contributed by atoms with Crippen LogP contribution in [0.5, 0.6) is 17.2 Å². The fourth-order valence-corrected chi connectivity index (χ4v) is 7.60. The molecule has 0 bridgehead atoms. The molecule has 1 unspecified atom stereocenters. The highest BCUT2D eigenvalue weighted by Crippen LogP contribution is 2.37. The summed E-state index contributed by atoms with van der Waals surface area (Å²) in [5, 5.41) is 9.41. The Balaban J connectivity index is 1.47. The zero-order chi connectivity index (χ0) is 33.9. The van der Waals surface area contributed by atoms with Crippen LogP contribution in [0.2, 0.25) is 0 Å². The molecule has 2 heterocycles. The van der Waals surface area contributed by atoms with Crippen LogP contribution in [-0.2, 0) is 16.6 Å². The van der Waals surface area contributed by atoms with Gasteiger partial charge in [-0.05, 0) is 48.2 Å². The van der Waals surface area contributed by atoms with E-state index < -0.39 is 75.0 Å². The molecule has 1 saturated heterocycles. The maximum Gasteiger partial charge on any atom is 0.407 e. The lowest BCUT2D eigenvalue weighted by Crippen LogP contribution is -2.44. The van der Waals surface area contributed by atoms with Gasteiger partial charge in [-0.1, -0.05) is 6.07 Å². The molecule has 11 nitrogen and oxygen atoms in total. The molecule has 5 rings (SSSR count). The molecule has 250 valence electrons. The Bertz CT molecular complexity index is 1870. The van der Waals surface area contributed by atoms with Crippen LogP contribution in [0.4, 0.5) is 27.5 Å². The van der Waals surface area contributed by atoms with E-state index in [9.17, 15) is 31.5 Å². The molecule has 0 radical (unpaired) electrons. The van der Waals surface area contributed by atoms with Crippen molar-refractivity contribution >= 4 is 32.8 Å². The van der Waals surface area contributed by atoms with E-state index in [0.29, 0.717) is 40.5 Å². The van der Waals surface area contributed by atoms with E-state index in [-0.39, 0.29) is 30.4 Å². The standard InChI is InChI=1S/C30H28F4N4O7S2/c1-43-21-5-3-18(25(12-21)44-2)14-38(29-35-16-36-46-29)47(41,42)27-11-20(31)10-26(28(27)34)45-15-19-13-37(30(39)40)8-7-22(19)17-4-6-23(32)24(33)9-17/h3-6,9-12,16,19,22H,7-8,13-15H2,1-2H3,(H,39,40)/t19?,22-/m1/s1. The molecular formula is C30H28F4N4O7S2. The van der Waals surface area contributed by atoms with Gasteiger partial charge < -0.3 is 24.2 Å². The highest BCUT2D eigenvalue weighted by molar-refractivity contribution is 7.93. The molecule has 17 heteroatoms. The van der Waals surface area contributed by atoms with Gasteiger partial charge >= 0.3 is 6.09 Å². The number of methoxy groups -OCH3 is 2. The summed E-state index contributed by atoms with van der Waals surface area (Å²) in [4.78, 5) is 15.7. The number of nitrogens with zero attached hydrogens (tertiary/aromatic N) is 4. The van der Waals surface area contributed by atoms with Crippen molar-refractivity contribution < 1.29 is 50.1 Å². The second-order valence-corrected chi connectivity index (χ2v) is 13.1. The molecule has 1 aliphatic rings. The number of rotatable bonds is 11. The van der Waals surface area contributed by atoms with Crippen molar-refractivity contribution in [1.82, 2.24) is 14.3 Å². The third-order valence-corrected chi connectivity index (χ3v) is 10.3. The summed E-state index contributed by atoms with van der Waals surface area (Å²) in [7, 11) is -2.05. The molecule has 0 aliphatic carbocycles. The molecule has 0 spiro atoms. The van der Waals surface area contributed by atoms with E-state index in [1.807, 2.05) is 0 Å². The van der Waals surface area contributed by atoms with Crippen LogP contribution in [0, 0.1) is 29.2 Å². The second-order valence-electron chi connectivity index (χ2n) is 10.5. The van der Waals surface area contributed by atoms with Crippen molar-refractivity contribution in [3.8, 4) is 17.2 Å². The number of ether oxygens (including phenoxy) is 3. The van der Waals surface area contributed by atoms with Gasteiger partial charge in [-0.25, -0.2) is 40.1 Å². The van der Waals surface area contributed by atoms with Crippen LogP contribution in [0.1, 0.15) is 23.5 Å². The number of sulfonamides is 1. The van der Waals surface area contributed by atoms with E-state index in [1.54, 1.807) is 12.1 Å². The van der Waals surface area contributed by atoms with Crippen LogP contribution in [-0.4, -0.2) is 67.8 Å². The summed E-state index contributed by atoms with van der Waals surface area (Å²) < 4.78 is 108. The maximum absolute atomic E-state index is 16.0. The zero-order valence-electron chi connectivity index (χ0n) is 24.9. The predicted molar refractivity (Wildman–Crippen MR) is 161 cm³/mol. The first kappa shape index (κ1) is 33.7. The molecule has 1 N–H and O–H groups in total. The van der Waals surface area contributed by atoms with Crippen molar-refractivity contribution in [3.63, 3.8) is 0 Å². The molecule has 47 heavy (non-hydrogen) atoms. The van der Waals surface area contributed by atoms with Gasteiger partial charge in [0.05, 0.1) is 27.4 Å². The number of aromatic nitrogens is 2. The highest BCUT2D eigenvalue weighted by Gasteiger charge is 2.36. The lowest BCUT2D eigenvalue weighted by molar-refractivity contribution is 0.0925. The first-order chi connectivity index (χ1) is 22.4. The van der Waals surface area contributed by atoms with Crippen LogP contribution < -0.4 is 18.5 Å². The van der Waals surface area contributed by atoms with Crippen molar-refractivity contribution in [2.24, 2.45) is 5.92 Å². The molecule has 1 aromatic heterocycles. The van der Waals surface area contributed by atoms with E-state index in [1.165, 1.54) is 26.4 Å². The summed E-state index contributed by atoms with van der Waals surface area (Å²) in [5.41, 5.74) is 0.719. The molecule has 1 aliphatic heterocycles. The van der Waals surface area contributed by atoms with Crippen molar-refractivity contribution in [2.75, 3.05) is 38.2 Å². The number of carboxylic acid groups (broad SMARTS) is 1. The van der Waals surface area contributed by atoms with E-state index >= 15 is 4.39 Å². The topological polar surface area (TPSA) is 131 Å². The highest BCUT2D eigenvalue weighted by atomic mass is 32.2. The first-order valence-electron chi connectivity index (χ1n) is 14.0. The SMILES string of the molecule is COc1ccc(CN(c2ncns2)S(=O)(=O)c2cc(F)cc(OCC3CN(C(=O)O)CC[C@@H]3c3ccc(F)c(F)c3)c2F)c(OC)c1. The minimum absolute atomic E-state index is 0.0899. The lowest BCUT2D eigenvalue weighted by atomic mass is 9.81. The summed E-state index contributed by atoms with van der Waals surface area (Å²) in [6.45, 7) is -0.835. The average Bonchev–Trinajstić information content (AvgIpc) is 3.59. The zero-order valence-corrected chi connectivity index (χ0v) is 26.5. The van der Waals surface area contributed by atoms with Gasteiger partial charge in [-0.2, -0.15) is 4.37 Å². The minimum atomic E-state index is -4.87. The van der Waals surface area contributed by atoms with Gasteiger partial charge in [-0.15, -0.1) is 0 Å². The van der Waals surface area contributed by atoms with E-state index in [0.717, 1.165) is 27.7 Å². The first-order valence-corrected chi connectivity index (χ1v) is 16.2. The van der Waals surface area contributed by atoms with E-state index in [4.69, 9.17) is 14.2 Å². The predicted octanol–water partition coefficient (Wildman–Crippen LogP) is 5.67. The van der Waals surface area contributed by atoms with Gasteiger partial charge in [0.2, 0.25) is 5.13 Å². The lowest BCUT2D eigenvalue weighted by Gasteiger charge is -2.37. The molecule has 1 amide bonds. The minimum Gasteiger partial charge on any atom is -0.497 e. The Kier molecular flexibility index (Phi) is 10.0. The molecule has 0 saturated carbocycles. The van der Waals surface area contributed by atoms with Gasteiger partial charge in [0, 0.05) is 48.2 Å². The largest absolute Gasteiger partial charge is 0.497 e. The maximum atomic E-state index is 16.0. The molecule has 1 fully saturated rings. The number of amides is 1. The van der Waals surface area contributed by atoms with Gasteiger partial charge in [0.1, 0.15) is 28.5 Å². The average molecular weight is 697 g/mol. The Morgan fingerprint density at radius 2 is 1.83 bits per heavy atom. The number of hydrogen-bond donors (Lipinski definition) is 1. The third-order valence-electron chi connectivity index (χ3n) is 7.74. The quantitative estimate of drug-likeness (QED) is 0.197. The second kappa shape index (κ2) is 14.0. The van der Waals surface area contributed by atoms with Gasteiger partial charge in [0.25, 0.3) is 10.0 Å². The number of carbonyl (C=O) groups is 1. The number of benzene rings is 3. The molecule has 2 atom stereocenters. The Morgan fingerprint density at radius 1 is 1.04 bits per heavy atom. The normalized spacial score (nSPS) is 16.5. The van der Waals surface area contributed by atoms with Crippen molar-refractivity contribution in [2.45, 2.75) is 23.8 Å². The summed E-state index contributed by atoms with van der Waals surface area (Å²) in [6.07, 6.45) is 0.0925. The van der Waals surface area contributed by atoms with Gasteiger partial charge in [-0.3, -0.25) is 0 Å². The third kappa shape index (κ3) is 7.20. The number of hydrogen-bond acceptors (Lipinski definition) is 9. The Morgan fingerprint density at radius 3 is 2.49 bits per heavy atom. The summed E-state index contributed by atoms with van der Waals surface area (Å²) >= 11 is 0.709. The molecule has 4 aromatic rings. The van der Waals surface area contributed by atoms with Crippen LogP contribution >= 0.6 is 11.5 Å². The summed E-state index contributed by atoms with van der Waals surface area (Å²) in [6, 6.07) is 9.12. The number of likely N-dealkylation sites (tertiary alicyclic amines) is 1. The van der Waals surface area contributed by atoms with Crippen molar-refractivity contribution in [3.05, 3.63) is 89.3 Å². The van der Waals surface area contributed by atoms with Crippen molar-refractivity contribution in [1.29, 1.82) is 0 Å². The monoisotopic (exact) mass is 696 g/mol. The number of anilines is 1. The fraction of sp³-hybridized carbons (Fsp3) is 0.300. The molecule has 3 aromatic carbocycles. The van der Waals surface area contributed by atoms with Crippen LogP contribution in [0.25, 0.3) is 0 Å². The fourth-order valence-electron chi connectivity index (χ4n) is 5.38. The molecular weight excluding hydrogens is 668 g/mol. The van der Waals surface area contributed by atoms with E-state index in [2.05, 4.69) is 9.36 Å². The number of halogens is 4. The Labute approximate surface area is 271 Å². The number of piperidine rings is 1. The summed E-state index contributed by atoms with van der Waals surface area (Å²) in [5.74, 6) is -6.00. The Hall–Kier alpha value is -4.64. The van der Waals surface area contributed by atoms with Crippen LogP contribution in [0.15, 0.2) is 59.8 Å². The van der Waals surface area contributed by atoms with Gasteiger partial charge in [0.15, 0.2) is 23.2 Å². The smallest absolute Gasteiger partial charge is 0.407 e.